The molecule has 1 aliphatic carbocycles. The van der Waals surface area contributed by atoms with Crippen molar-refractivity contribution in [1.29, 1.82) is 0 Å². The van der Waals surface area contributed by atoms with Crippen LogP contribution in [0.15, 0.2) is 42.5 Å². The van der Waals surface area contributed by atoms with E-state index >= 15 is 0 Å². The Morgan fingerprint density at radius 3 is 2.52 bits per heavy atom. The van der Waals surface area contributed by atoms with Gasteiger partial charge < -0.3 is 19.5 Å². The summed E-state index contributed by atoms with van der Waals surface area (Å²) in [6.07, 6.45) is 4.15. The number of hydrogen-bond acceptors (Lipinski definition) is 7. The maximum Gasteiger partial charge on any atom is 0.181 e. The molecule has 1 N–H and O–H groups in total. The van der Waals surface area contributed by atoms with Gasteiger partial charge in [0.1, 0.15) is 19.0 Å². The van der Waals surface area contributed by atoms with Crippen LogP contribution in [-0.4, -0.2) is 40.5 Å². The van der Waals surface area contributed by atoms with Gasteiger partial charge in [-0.2, -0.15) is 4.68 Å². The van der Waals surface area contributed by atoms with Crippen molar-refractivity contribution >= 4 is 5.69 Å². The molecule has 1 aliphatic heterocycles. The number of nitrogens with one attached hydrogen (secondary N) is 1. The van der Waals surface area contributed by atoms with Crippen molar-refractivity contribution in [3.63, 3.8) is 0 Å². The molecule has 150 valence electrons. The second-order valence-corrected chi connectivity index (χ2v) is 7.38. The Balaban J connectivity index is 1.50. The molecular formula is C21H23N5O3. The van der Waals surface area contributed by atoms with Crippen LogP contribution in [0.5, 0.6) is 17.2 Å². The number of tetrazole rings is 1. The number of fused-ring (bicyclic) bond motifs is 1. The van der Waals surface area contributed by atoms with Crippen molar-refractivity contribution in [3.05, 3.63) is 48.3 Å². The van der Waals surface area contributed by atoms with Crippen LogP contribution in [0.1, 0.15) is 31.5 Å². The number of nitrogens with zero attached hydrogens (tertiary/aromatic N) is 4. The van der Waals surface area contributed by atoms with Crippen molar-refractivity contribution in [2.24, 2.45) is 0 Å². The number of ether oxygens (including phenoxy) is 3. The zero-order valence-electron chi connectivity index (χ0n) is 16.3. The van der Waals surface area contributed by atoms with Crippen molar-refractivity contribution in [3.8, 4) is 22.9 Å². The maximum atomic E-state index is 5.74. The molecular weight excluding hydrogens is 370 g/mol. The van der Waals surface area contributed by atoms with Gasteiger partial charge in [-0.1, -0.05) is 12.8 Å². The zero-order valence-corrected chi connectivity index (χ0v) is 16.3. The van der Waals surface area contributed by atoms with Crippen molar-refractivity contribution in [1.82, 2.24) is 20.2 Å². The highest BCUT2D eigenvalue weighted by molar-refractivity contribution is 5.57. The summed E-state index contributed by atoms with van der Waals surface area (Å²) < 4.78 is 18.5. The SMILES string of the molecule is COc1ccc(-n2nnnc2C2(Nc3ccc4c(c3)OCCO4)CCCC2)cc1. The highest BCUT2D eigenvalue weighted by atomic mass is 16.6. The van der Waals surface area contributed by atoms with E-state index in [2.05, 4.69) is 20.8 Å². The number of hydrogen-bond donors (Lipinski definition) is 1. The summed E-state index contributed by atoms with van der Waals surface area (Å²) in [5.41, 5.74) is 1.54. The molecule has 8 nitrogen and oxygen atoms in total. The minimum atomic E-state index is -0.340. The van der Waals surface area contributed by atoms with Crippen LogP contribution in [-0.2, 0) is 5.54 Å². The molecule has 0 bridgehead atoms. The van der Waals surface area contributed by atoms with Crippen LogP contribution in [0, 0.1) is 0 Å². The molecule has 1 saturated carbocycles. The van der Waals surface area contributed by atoms with Gasteiger partial charge in [0, 0.05) is 11.8 Å². The lowest BCUT2D eigenvalue weighted by Crippen LogP contribution is -2.35. The van der Waals surface area contributed by atoms with E-state index in [9.17, 15) is 0 Å². The molecule has 3 aromatic rings. The molecule has 0 amide bonds. The van der Waals surface area contributed by atoms with E-state index in [1.54, 1.807) is 7.11 Å². The number of anilines is 1. The number of benzene rings is 2. The summed E-state index contributed by atoms with van der Waals surface area (Å²) in [5.74, 6) is 3.16. The number of aromatic nitrogens is 4. The first-order chi connectivity index (χ1) is 14.3. The Hall–Kier alpha value is -3.29. The molecule has 0 spiro atoms. The normalized spacial score (nSPS) is 17.1. The summed E-state index contributed by atoms with van der Waals surface area (Å²) in [6.45, 7) is 1.15. The van der Waals surface area contributed by atoms with Gasteiger partial charge in [0.05, 0.1) is 18.3 Å². The third-order valence-electron chi connectivity index (χ3n) is 5.60. The Morgan fingerprint density at radius 1 is 1.00 bits per heavy atom. The first kappa shape index (κ1) is 17.8. The summed E-state index contributed by atoms with van der Waals surface area (Å²) in [6, 6.07) is 13.7. The number of rotatable bonds is 5. The molecule has 0 unspecified atom stereocenters. The fourth-order valence-corrected chi connectivity index (χ4v) is 4.16. The molecule has 0 radical (unpaired) electrons. The monoisotopic (exact) mass is 393 g/mol. The largest absolute Gasteiger partial charge is 0.497 e. The summed E-state index contributed by atoms with van der Waals surface area (Å²) in [5, 5.41) is 16.4. The highest BCUT2D eigenvalue weighted by Crippen LogP contribution is 2.42. The Kier molecular flexibility index (Phi) is 4.46. The lowest BCUT2D eigenvalue weighted by Gasteiger charge is -2.31. The first-order valence-electron chi connectivity index (χ1n) is 9.89. The van der Waals surface area contributed by atoms with Gasteiger partial charge >= 0.3 is 0 Å². The molecule has 2 aliphatic rings. The Morgan fingerprint density at radius 2 is 1.76 bits per heavy atom. The van der Waals surface area contributed by atoms with Crippen LogP contribution in [0.4, 0.5) is 5.69 Å². The number of methoxy groups -OCH3 is 1. The highest BCUT2D eigenvalue weighted by Gasteiger charge is 2.41. The van der Waals surface area contributed by atoms with E-state index in [0.29, 0.717) is 13.2 Å². The minimum absolute atomic E-state index is 0.340. The molecule has 29 heavy (non-hydrogen) atoms. The molecule has 8 heteroatoms. The van der Waals surface area contributed by atoms with E-state index in [-0.39, 0.29) is 5.54 Å². The van der Waals surface area contributed by atoms with Crippen LogP contribution < -0.4 is 19.5 Å². The molecule has 0 saturated heterocycles. The third kappa shape index (κ3) is 3.24. The summed E-state index contributed by atoms with van der Waals surface area (Å²) >= 11 is 0. The molecule has 2 heterocycles. The van der Waals surface area contributed by atoms with Gasteiger partial charge in [-0.15, -0.1) is 5.10 Å². The fourth-order valence-electron chi connectivity index (χ4n) is 4.16. The Labute approximate surface area is 168 Å². The fraction of sp³-hybridized carbons (Fsp3) is 0.381. The van der Waals surface area contributed by atoms with Gasteiger partial charge in [-0.3, -0.25) is 0 Å². The average molecular weight is 393 g/mol. The van der Waals surface area contributed by atoms with Gasteiger partial charge in [0.15, 0.2) is 17.3 Å². The summed E-state index contributed by atoms with van der Waals surface area (Å²) in [7, 11) is 1.65. The maximum absolute atomic E-state index is 5.74. The second-order valence-electron chi connectivity index (χ2n) is 7.38. The average Bonchev–Trinajstić information content (AvgIpc) is 3.44. The first-order valence-corrected chi connectivity index (χ1v) is 9.89. The summed E-state index contributed by atoms with van der Waals surface area (Å²) in [4.78, 5) is 0. The van der Waals surface area contributed by atoms with E-state index in [1.165, 1.54) is 0 Å². The van der Waals surface area contributed by atoms with Gasteiger partial charge in [0.25, 0.3) is 0 Å². The molecule has 1 aromatic heterocycles. The predicted octanol–water partition coefficient (Wildman–Crippen LogP) is 3.32. The zero-order chi connectivity index (χ0) is 19.7. The van der Waals surface area contributed by atoms with Gasteiger partial charge in [-0.05, 0) is 59.7 Å². The molecule has 1 fully saturated rings. The molecule has 5 rings (SSSR count). The van der Waals surface area contributed by atoms with E-state index in [0.717, 1.165) is 60.1 Å². The Bertz CT molecular complexity index is 996. The third-order valence-corrected chi connectivity index (χ3v) is 5.60. The molecule has 0 atom stereocenters. The smallest absolute Gasteiger partial charge is 0.181 e. The topological polar surface area (TPSA) is 83.3 Å². The van der Waals surface area contributed by atoms with E-state index in [4.69, 9.17) is 14.2 Å². The molecule has 2 aromatic carbocycles. The van der Waals surface area contributed by atoms with Crippen molar-refractivity contribution < 1.29 is 14.2 Å². The quantitative estimate of drug-likeness (QED) is 0.712. The van der Waals surface area contributed by atoms with Gasteiger partial charge in [0.2, 0.25) is 0 Å². The van der Waals surface area contributed by atoms with Crippen LogP contribution in [0.25, 0.3) is 5.69 Å². The van der Waals surface area contributed by atoms with E-state index < -0.39 is 0 Å². The van der Waals surface area contributed by atoms with Crippen molar-refractivity contribution in [2.75, 3.05) is 25.6 Å². The predicted molar refractivity (Wildman–Crippen MR) is 107 cm³/mol. The van der Waals surface area contributed by atoms with Crippen LogP contribution >= 0.6 is 0 Å². The standard InChI is InChI=1S/C21H23N5O3/c1-27-17-7-5-16(6-8-17)26-20(23-24-25-26)21(10-2-3-11-21)22-15-4-9-18-19(14-15)29-13-12-28-18/h4-9,14,22H,2-3,10-13H2,1H3. The van der Waals surface area contributed by atoms with Crippen LogP contribution in [0.3, 0.4) is 0 Å². The lowest BCUT2D eigenvalue weighted by atomic mass is 9.95. The second kappa shape index (κ2) is 7.27. The van der Waals surface area contributed by atoms with Crippen LogP contribution in [0.2, 0.25) is 0 Å². The lowest BCUT2D eigenvalue weighted by molar-refractivity contribution is 0.171. The van der Waals surface area contributed by atoms with E-state index in [1.807, 2.05) is 47.1 Å². The minimum Gasteiger partial charge on any atom is -0.497 e. The van der Waals surface area contributed by atoms with Gasteiger partial charge in [-0.25, -0.2) is 0 Å². The van der Waals surface area contributed by atoms with Crippen molar-refractivity contribution in [2.45, 2.75) is 31.2 Å².